The summed E-state index contributed by atoms with van der Waals surface area (Å²) in [6.07, 6.45) is 11.5. The zero-order chi connectivity index (χ0) is 19.6. The first-order valence-electron chi connectivity index (χ1n) is 11.2. The molecule has 29 heavy (non-hydrogen) atoms. The molecule has 2 aromatic rings. The molecule has 4 fully saturated rings. The fraction of sp³-hybridized carbons (Fsp3) is 0.520. The molecule has 4 saturated carbocycles. The van der Waals surface area contributed by atoms with E-state index in [0.717, 1.165) is 54.7 Å². The zero-order valence-corrected chi connectivity index (χ0v) is 16.9. The molecular weight excluding hydrogens is 360 g/mol. The van der Waals surface area contributed by atoms with Crippen molar-refractivity contribution in [3.8, 4) is 5.75 Å². The Morgan fingerprint density at radius 3 is 2.48 bits per heavy atom. The Morgan fingerprint density at radius 1 is 1.00 bits per heavy atom. The summed E-state index contributed by atoms with van der Waals surface area (Å²) < 4.78 is 5.65. The first-order valence-corrected chi connectivity index (χ1v) is 11.2. The van der Waals surface area contributed by atoms with Crippen LogP contribution in [-0.4, -0.2) is 24.0 Å². The third kappa shape index (κ3) is 4.09. The van der Waals surface area contributed by atoms with Gasteiger partial charge in [0.05, 0.1) is 5.56 Å². The number of carbonyl (C=O) groups is 1. The minimum atomic E-state index is -0.355. The third-order valence-corrected chi connectivity index (χ3v) is 7.45. The second-order valence-corrected chi connectivity index (χ2v) is 9.29. The predicted molar refractivity (Wildman–Crippen MR) is 113 cm³/mol. The molecule has 4 aliphatic carbocycles. The second kappa shape index (κ2) is 8.27. The van der Waals surface area contributed by atoms with Gasteiger partial charge >= 0.3 is 5.97 Å². The number of benzene rings is 1. The number of para-hydroxylation sites is 1. The number of nitrogens with zero attached hydrogens (tertiary/aromatic N) is 1. The Morgan fingerprint density at radius 2 is 1.76 bits per heavy atom. The van der Waals surface area contributed by atoms with E-state index in [4.69, 9.17) is 4.74 Å². The summed E-state index contributed by atoms with van der Waals surface area (Å²) in [6.45, 7) is 2.07. The lowest BCUT2D eigenvalue weighted by molar-refractivity contribution is -0.0353. The van der Waals surface area contributed by atoms with Crippen LogP contribution < -0.4 is 10.1 Å². The van der Waals surface area contributed by atoms with Crippen molar-refractivity contribution in [3.05, 3.63) is 59.9 Å². The van der Waals surface area contributed by atoms with Gasteiger partial charge in [-0.2, -0.15) is 0 Å². The number of aromatic nitrogens is 1. The summed E-state index contributed by atoms with van der Waals surface area (Å²) in [4.78, 5) is 16.4. The molecule has 0 amide bonds. The van der Waals surface area contributed by atoms with E-state index < -0.39 is 0 Å². The molecule has 152 valence electrons. The maximum Gasteiger partial charge on any atom is 0.345 e. The van der Waals surface area contributed by atoms with Crippen molar-refractivity contribution in [1.29, 1.82) is 0 Å². The quantitative estimate of drug-likeness (QED) is 0.429. The van der Waals surface area contributed by atoms with Gasteiger partial charge in [0.2, 0.25) is 0 Å². The van der Waals surface area contributed by atoms with Gasteiger partial charge in [-0.3, -0.25) is 4.98 Å². The summed E-state index contributed by atoms with van der Waals surface area (Å²) in [5.41, 5.74) is 1.55. The lowest BCUT2D eigenvalue weighted by atomic mass is 9.52. The molecular formula is C25H30N2O2. The number of pyridine rings is 1. The molecule has 0 aliphatic heterocycles. The maximum atomic E-state index is 12.4. The van der Waals surface area contributed by atoms with E-state index in [9.17, 15) is 4.79 Å². The summed E-state index contributed by atoms with van der Waals surface area (Å²) in [6, 6.07) is 11.3. The Kier molecular flexibility index (Phi) is 5.36. The Bertz CT molecular complexity index is 823. The fourth-order valence-corrected chi connectivity index (χ4v) is 6.32. The van der Waals surface area contributed by atoms with Crippen molar-refractivity contribution in [3.63, 3.8) is 0 Å². The predicted octanol–water partition coefficient (Wildman–Crippen LogP) is 4.51. The highest BCUT2D eigenvalue weighted by molar-refractivity contribution is 5.90. The van der Waals surface area contributed by atoms with Crippen molar-refractivity contribution in [2.24, 2.45) is 29.6 Å². The largest absolute Gasteiger partial charge is 0.423 e. The Balaban J connectivity index is 1.14. The van der Waals surface area contributed by atoms with E-state index in [0.29, 0.717) is 11.3 Å². The van der Waals surface area contributed by atoms with Gasteiger partial charge < -0.3 is 10.1 Å². The summed E-state index contributed by atoms with van der Waals surface area (Å²) >= 11 is 0. The molecule has 6 rings (SSSR count). The van der Waals surface area contributed by atoms with Gasteiger partial charge in [0.15, 0.2) is 0 Å². The van der Waals surface area contributed by atoms with E-state index in [2.05, 4.69) is 16.4 Å². The van der Waals surface area contributed by atoms with Crippen molar-refractivity contribution in [2.75, 3.05) is 13.1 Å². The first kappa shape index (κ1) is 18.8. The second-order valence-electron chi connectivity index (χ2n) is 9.29. The molecule has 4 aliphatic rings. The average molecular weight is 391 g/mol. The smallest absolute Gasteiger partial charge is 0.345 e. The average Bonchev–Trinajstić information content (AvgIpc) is 2.74. The molecule has 0 unspecified atom stereocenters. The minimum absolute atomic E-state index is 0.355. The van der Waals surface area contributed by atoms with Crippen LogP contribution in [0.5, 0.6) is 5.75 Å². The molecule has 4 nitrogen and oxygen atoms in total. The van der Waals surface area contributed by atoms with Gasteiger partial charge in [-0.1, -0.05) is 18.2 Å². The molecule has 1 N–H and O–H groups in total. The Labute approximate surface area is 173 Å². The molecule has 4 heteroatoms. The first-order chi connectivity index (χ1) is 14.3. The van der Waals surface area contributed by atoms with E-state index in [1.807, 2.05) is 18.2 Å². The van der Waals surface area contributed by atoms with Gasteiger partial charge in [0.1, 0.15) is 5.75 Å². The van der Waals surface area contributed by atoms with Crippen molar-refractivity contribution >= 4 is 5.97 Å². The summed E-state index contributed by atoms with van der Waals surface area (Å²) in [7, 11) is 0. The van der Waals surface area contributed by atoms with E-state index in [-0.39, 0.29) is 5.97 Å². The highest BCUT2D eigenvalue weighted by Gasteiger charge is 2.47. The number of esters is 1. The topological polar surface area (TPSA) is 51.2 Å². The number of rotatable bonds is 7. The molecule has 0 atom stereocenters. The SMILES string of the molecule is O=C(Oc1ccccc1CCNCC1C2CC3CC(C2)CC1C3)c1cccnc1. The van der Waals surface area contributed by atoms with Crippen LogP contribution in [0.2, 0.25) is 0 Å². The van der Waals surface area contributed by atoms with Crippen LogP contribution in [-0.2, 0) is 6.42 Å². The lowest BCUT2D eigenvalue weighted by Gasteiger charge is -2.54. The molecule has 0 radical (unpaired) electrons. The highest BCUT2D eigenvalue weighted by Crippen LogP contribution is 2.56. The van der Waals surface area contributed by atoms with Crippen LogP contribution in [0.4, 0.5) is 0 Å². The summed E-state index contributed by atoms with van der Waals surface area (Å²) in [5, 5.41) is 3.72. The van der Waals surface area contributed by atoms with Gasteiger partial charge in [0.25, 0.3) is 0 Å². The minimum Gasteiger partial charge on any atom is -0.423 e. The Hall–Kier alpha value is -2.20. The van der Waals surface area contributed by atoms with Gasteiger partial charge in [-0.05, 0) is 105 Å². The lowest BCUT2D eigenvalue weighted by Crippen LogP contribution is -2.48. The van der Waals surface area contributed by atoms with Crippen molar-refractivity contribution in [1.82, 2.24) is 10.3 Å². The molecule has 1 heterocycles. The number of hydrogen-bond donors (Lipinski definition) is 1. The van der Waals surface area contributed by atoms with Crippen LogP contribution in [0.1, 0.15) is 48.0 Å². The van der Waals surface area contributed by atoms with Crippen molar-refractivity contribution in [2.45, 2.75) is 38.5 Å². The van der Waals surface area contributed by atoms with E-state index in [1.54, 1.807) is 18.3 Å². The fourth-order valence-electron chi connectivity index (χ4n) is 6.32. The van der Waals surface area contributed by atoms with Crippen LogP contribution in [0, 0.1) is 29.6 Å². The third-order valence-electron chi connectivity index (χ3n) is 7.45. The molecule has 0 spiro atoms. The summed E-state index contributed by atoms with van der Waals surface area (Å²) in [5.74, 6) is 5.18. The van der Waals surface area contributed by atoms with Gasteiger partial charge in [-0.15, -0.1) is 0 Å². The van der Waals surface area contributed by atoms with E-state index >= 15 is 0 Å². The van der Waals surface area contributed by atoms with Crippen LogP contribution in [0.25, 0.3) is 0 Å². The number of hydrogen-bond acceptors (Lipinski definition) is 4. The van der Waals surface area contributed by atoms with Gasteiger partial charge in [-0.25, -0.2) is 4.79 Å². The number of nitrogens with one attached hydrogen (secondary N) is 1. The molecule has 0 saturated heterocycles. The monoisotopic (exact) mass is 390 g/mol. The highest BCUT2D eigenvalue weighted by atomic mass is 16.5. The van der Waals surface area contributed by atoms with Gasteiger partial charge in [0, 0.05) is 12.4 Å². The number of carbonyl (C=O) groups excluding carboxylic acids is 1. The molecule has 4 bridgehead atoms. The maximum absolute atomic E-state index is 12.4. The van der Waals surface area contributed by atoms with Crippen LogP contribution >= 0.6 is 0 Å². The zero-order valence-electron chi connectivity index (χ0n) is 16.9. The molecule has 1 aromatic carbocycles. The normalized spacial score (nSPS) is 29.7. The van der Waals surface area contributed by atoms with Crippen LogP contribution in [0.3, 0.4) is 0 Å². The van der Waals surface area contributed by atoms with E-state index in [1.165, 1.54) is 38.3 Å². The van der Waals surface area contributed by atoms with Crippen molar-refractivity contribution < 1.29 is 9.53 Å². The van der Waals surface area contributed by atoms with Crippen LogP contribution in [0.15, 0.2) is 48.8 Å². The molecule has 1 aromatic heterocycles. The number of ether oxygens (including phenoxy) is 1. The standard InChI is InChI=1S/C25H30N2O2/c28-25(20-5-3-8-26-15-20)29-24-6-2-1-4-19(24)7-9-27-16-23-21-11-17-10-18(13-21)14-22(23)12-17/h1-6,8,15,17-18,21-23,27H,7,9-14,16H2.